The highest BCUT2D eigenvalue weighted by atomic mass is 14.6. The van der Waals surface area contributed by atoms with Crippen molar-refractivity contribution in [3.05, 3.63) is 37.0 Å². The number of rotatable bonds is 4. The predicted octanol–water partition coefficient (Wildman–Crippen LogP) is 3.97. The van der Waals surface area contributed by atoms with Crippen LogP contribution in [0.3, 0.4) is 0 Å². The second-order valence-electron chi connectivity index (χ2n) is 4.89. The quantitative estimate of drug-likeness (QED) is 0.586. The average Bonchev–Trinajstić information content (AvgIpc) is 2.60. The van der Waals surface area contributed by atoms with Gasteiger partial charge in [-0.15, -0.1) is 0 Å². The molecule has 0 heteroatoms. The lowest BCUT2D eigenvalue weighted by atomic mass is 9.93. The van der Waals surface area contributed by atoms with Gasteiger partial charge < -0.3 is 0 Å². The summed E-state index contributed by atoms with van der Waals surface area (Å²) in [6, 6.07) is 0. The molecule has 2 aliphatic rings. The summed E-state index contributed by atoms with van der Waals surface area (Å²) in [5, 5.41) is 0. The van der Waals surface area contributed by atoms with Crippen molar-refractivity contribution in [3.63, 3.8) is 0 Å². The van der Waals surface area contributed by atoms with Crippen molar-refractivity contribution in [2.24, 2.45) is 23.7 Å². The summed E-state index contributed by atoms with van der Waals surface area (Å²) in [6.45, 7) is 10.2. The van der Waals surface area contributed by atoms with Crippen molar-refractivity contribution in [1.82, 2.24) is 0 Å². The van der Waals surface area contributed by atoms with Crippen LogP contribution in [0.5, 0.6) is 0 Å². The Hall–Kier alpha value is -0.780. The average molecular weight is 188 g/mol. The molecule has 0 saturated heterocycles. The molecule has 4 atom stereocenters. The standard InChI is InChI=1S/C14H20/c1-4-5-6-10(2)9-12-7-8-13-11(3)14(12)13/h4-6,11-14H,1-2,7-9H2,3H3/b6-5-. The van der Waals surface area contributed by atoms with Gasteiger partial charge in [0.2, 0.25) is 0 Å². The van der Waals surface area contributed by atoms with Gasteiger partial charge in [-0.1, -0.05) is 43.9 Å². The molecule has 14 heavy (non-hydrogen) atoms. The van der Waals surface area contributed by atoms with E-state index >= 15 is 0 Å². The fourth-order valence-electron chi connectivity index (χ4n) is 3.26. The molecular weight excluding hydrogens is 168 g/mol. The Balaban J connectivity index is 1.83. The van der Waals surface area contributed by atoms with Crippen LogP contribution in [-0.2, 0) is 0 Å². The van der Waals surface area contributed by atoms with E-state index in [9.17, 15) is 0 Å². The predicted molar refractivity (Wildman–Crippen MR) is 62.0 cm³/mol. The maximum absolute atomic E-state index is 4.10. The third-order valence-corrected chi connectivity index (χ3v) is 4.04. The van der Waals surface area contributed by atoms with Crippen LogP contribution in [-0.4, -0.2) is 0 Å². The number of hydrogen-bond donors (Lipinski definition) is 0. The molecule has 0 amide bonds. The minimum absolute atomic E-state index is 0.928. The topological polar surface area (TPSA) is 0 Å². The molecule has 0 N–H and O–H groups in total. The molecule has 0 radical (unpaired) electrons. The maximum atomic E-state index is 4.10. The summed E-state index contributed by atoms with van der Waals surface area (Å²) >= 11 is 0. The second kappa shape index (κ2) is 3.76. The van der Waals surface area contributed by atoms with E-state index in [0.717, 1.165) is 23.7 Å². The van der Waals surface area contributed by atoms with Crippen molar-refractivity contribution < 1.29 is 0 Å². The molecule has 2 rings (SSSR count). The van der Waals surface area contributed by atoms with Crippen molar-refractivity contribution in [1.29, 1.82) is 0 Å². The highest BCUT2D eigenvalue weighted by Crippen LogP contribution is 2.61. The highest BCUT2D eigenvalue weighted by molar-refractivity contribution is 5.20. The van der Waals surface area contributed by atoms with E-state index in [1.54, 1.807) is 0 Å². The van der Waals surface area contributed by atoms with E-state index in [1.807, 2.05) is 12.2 Å². The smallest absolute Gasteiger partial charge is 0.0253 e. The van der Waals surface area contributed by atoms with Gasteiger partial charge >= 0.3 is 0 Å². The van der Waals surface area contributed by atoms with E-state index in [1.165, 1.54) is 24.8 Å². The van der Waals surface area contributed by atoms with Gasteiger partial charge in [-0.25, -0.2) is 0 Å². The second-order valence-corrected chi connectivity index (χ2v) is 4.89. The zero-order chi connectivity index (χ0) is 10.1. The lowest BCUT2D eigenvalue weighted by molar-refractivity contribution is 0.443. The Morgan fingerprint density at radius 1 is 1.43 bits per heavy atom. The normalized spacial score (nSPS) is 39.8. The van der Waals surface area contributed by atoms with Crippen molar-refractivity contribution in [2.75, 3.05) is 0 Å². The van der Waals surface area contributed by atoms with Gasteiger partial charge in [-0.3, -0.25) is 0 Å². The molecule has 2 aliphatic carbocycles. The van der Waals surface area contributed by atoms with E-state index in [4.69, 9.17) is 0 Å². The van der Waals surface area contributed by atoms with E-state index in [-0.39, 0.29) is 0 Å². The van der Waals surface area contributed by atoms with Crippen LogP contribution < -0.4 is 0 Å². The van der Waals surface area contributed by atoms with Crippen LogP contribution >= 0.6 is 0 Å². The molecule has 4 unspecified atom stereocenters. The molecule has 76 valence electrons. The van der Waals surface area contributed by atoms with Gasteiger partial charge in [0.1, 0.15) is 0 Å². The first-order valence-electron chi connectivity index (χ1n) is 5.71. The largest absolute Gasteiger partial charge is 0.0991 e. The molecule has 0 bridgehead atoms. The first kappa shape index (κ1) is 9.76. The lowest BCUT2D eigenvalue weighted by Gasteiger charge is -2.12. The Morgan fingerprint density at radius 3 is 2.79 bits per heavy atom. The zero-order valence-corrected chi connectivity index (χ0v) is 9.08. The van der Waals surface area contributed by atoms with Gasteiger partial charge in [-0.05, 0) is 42.9 Å². The van der Waals surface area contributed by atoms with Gasteiger partial charge in [-0.2, -0.15) is 0 Å². The van der Waals surface area contributed by atoms with Gasteiger partial charge in [0.15, 0.2) is 0 Å². The third-order valence-electron chi connectivity index (χ3n) is 4.04. The molecular formula is C14H20. The fraction of sp³-hybridized carbons (Fsp3) is 0.571. The lowest BCUT2D eigenvalue weighted by Crippen LogP contribution is -2.01. The van der Waals surface area contributed by atoms with Crippen LogP contribution in [0.4, 0.5) is 0 Å². The van der Waals surface area contributed by atoms with Crippen molar-refractivity contribution in [3.8, 4) is 0 Å². The zero-order valence-electron chi connectivity index (χ0n) is 9.08. The van der Waals surface area contributed by atoms with E-state index in [2.05, 4.69) is 26.2 Å². The number of fused-ring (bicyclic) bond motifs is 1. The molecule has 0 nitrogen and oxygen atoms in total. The molecule has 0 heterocycles. The van der Waals surface area contributed by atoms with E-state index in [0.29, 0.717) is 0 Å². The first-order chi connectivity index (χ1) is 6.74. The van der Waals surface area contributed by atoms with Crippen molar-refractivity contribution in [2.45, 2.75) is 26.2 Å². The summed E-state index contributed by atoms with van der Waals surface area (Å²) in [4.78, 5) is 0. The molecule has 2 fully saturated rings. The summed E-state index contributed by atoms with van der Waals surface area (Å²) in [5.74, 6) is 4.03. The summed E-state index contributed by atoms with van der Waals surface area (Å²) in [5.41, 5.74) is 1.27. The van der Waals surface area contributed by atoms with Crippen molar-refractivity contribution >= 4 is 0 Å². The monoisotopic (exact) mass is 188 g/mol. The minimum Gasteiger partial charge on any atom is -0.0991 e. The Kier molecular flexibility index (Phi) is 2.62. The summed E-state index contributed by atoms with van der Waals surface area (Å²) in [6.07, 6.45) is 10.0. The minimum atomic E-state index is 0.928. The summed E-state index contributed by atoms with van der Waals surface area (Å²) < 4.78 is 0. The molecule has 0 aromatic rings. The Bertz CT molecular complexity index is 272. The van der Waals surface area contributed by atoms with Gasteiger partial charge in [0.25, 0.3) is 0 Å². The molecule has 0 spiro atoms. The summed E-state index contributed by atoms with van der Waals surface area (Å²) in [7, 11) is 0. The molecule has 0 aromatic heterocycles. The third kappa shape index (κ3) is 1.70. The number of hydrogen-bond acceptors (Lipinski definition) is 0. The van der Waals surface area contributed by atoms with Crippen LogP contribution in [0, 0.1) is 23.7 Å². The van der Waals surface area contributed by atoms with Gasteiger partial charge in [0.05, 0.1) is 0 Å². The Morgan fingerprint density at radius 2 is 2.21 bits per heavy atom. The SMILES string of the molecule is C=C/C=C\C(=C)CC1CCC2C(C)C12. The molecule has 0 aromatic carbocycles. The first-order valence-corrected chi connectivity index (χ1v) is 5.71. The highest BCUT2D eigenvalue weighted by Gasteiger charge is 2.54. The van der Waals surface area contributed by atoms with Crippen LogP contribution in [0.25, 0.3) is 0 Å². The van der Waals surface area contributed by atoms with Crippen LogP contribution in [0.15, 0.2) is 37.0 Å². The fourth-order valence-corrected chi connectivity index (χ4v) is 3.26. The number of allylic oxidation sites excluding steroid dienone is 4. The van der Waals surface area contributed by atoms with Gasteiger partial charge in [0, 0.05) is 0 Å². The Labute approximate surface area is 87.4 Å². The molecule has 0 aliphatic heterocycles. The van der Waals surface area contributed by atoms with Crippen LogP contribution in [0.2, 0.25) is 0 Å². The maximum Gasteiger partial charge on any atom is -0.0253 e. The van der Waals surface area contributed by atoms with Crippen LogP contribution in [0.1, 0.15) is 26.2 Å². The molecule has 2 saturated carbocycles. The van der Waals surface area contributed by atoms with E-state index < -0.39 is 0 Å².